The molecule has 0 spiro atoms. The van der Waals surface area contributed by atoms with Crippen molar-refractivity contribution in [2.24, 2.45) is 10.7 Å². The maximum Gasteiger partial charge on any atom is 0.491 e. The van der Waals surface area contributed by atoms with Crippen molar-refractivity contribution >= 4 is 23.6 Å². The molecule has 0 aliphatic rings. The van der Waals surface area contributed by atoms with Crippen LogP contribution in [0.3, 0.4) is 0 Å². The fourth-order valence-electron chi connectivity index (χ4n) is 1.99. The number of carbonyl (C=O) groups excluding carboxylic acids is 2. The van der Waals surface area contributed by atoms with Crippen molar-refractivity contribution in [2.75, 3.05) is 12.4 Å². The molecule has 0 saturated heterocycles. The number of benzene rings is 1. The molecule has 1 rings (SSSR count). The van der Waals surface area contributed by atoms with Crippen molar-refractivity contribution in [3.63, 3.8) is 0 Å². The number of hydrogen-bond donors (Lipinski definition) is 3. The highest BCUT2D eigenvalue weighted by Crippen LogP contribution is 2.30. The molecule has 0 radical (unpaired) electrons. The molecule has 1 aromatic rings. The molecule has 2 amide bonds. The van der Waals surface area contributed by atoms with Crippen molar-refractivity contribution in [1.29, 1.82) is 0 Å². The summed E-state index contributed by atoms with van der Waals surface area (Å²) in [7, 11) is 1.40. The number of halogens is 3. The van der Waals surface area contributed by atoms with Crippen LogP contribution in [-0.2, 0) is 17.6 Å². The largest absolute Gasteiger partial charge is 0.491 e. The number of amides is 2. The van der Waals surface area contributed by atoms with Crippen molar-refractivity contribution in [2.45, 2.75) is 32.9 Å². The lowest BCUT2D eigenvalue weighted by atomic mass is 10.0. The number of aliphatic imine (C=N–C) groups is 1. The SMILES string of the molecule is CCc1cc(OC(=O)C(F)(F)F)cc(CC)c1NC(=O)NC(N)=NC. The van der Waals surface area contributed by atoms with Gasteiger partial charge in [0.1, 0.15) is 5.75 Å². The Morgan fingerprint density at radius 2 is 1.72 bits per heavy atom. The van der Waals surface area contributed by atoms with E-state index in [-0.39, 0.29) is 11.7 Å². The smallest absolute Gasteiger partial charge is 0.420 e. The van der Waals surface area contributed by atoms with Gasteiger partial charge in [0.2, 0.25) is 0 Å². The second kappa shape index (κ2) is 8.36. The molecule has 1 aromatic carbocycles. The molecule has 0 heterocycles. The van der Waals surface area contributed by atoms with Crippen molar-refractivity contribution in [1.82, 2.24) is 5.32 Å². The Morgan fingerprint density at radius 3 is 2.12 bits per heavy atom. The summed E-state index contributed by atoms with van der Waals surface area (Å²) in [4.78, 5) is 26.5. The summed E-state index contributed by atoms with van der Waals surface area (Å²) in [6.07, 6.45) is -4.32. The first kappa shape index (κ1) is 20.3. The van der Waals surface area contributed by atoms with Crippen molar-refractivity contribution in [3.8, 4) is 5.75 Å². The zero-order chi connectivity index (χ0) is 19.2. The standard InChI is InChI=1S/C15H19F3N4O3/c1-4-8-6-10(25-12(23)15(16,17)18)7-9(5-2)11(8)21-14(24)22-13(19)20-3/h6-7H,4-5H2,1-3H3,(H4,19,20,21,22,24). The van der Waals surface area contributed by atoms with Crippen LogP contribution in [0, 0.1) is 0 Å². The predicted octanol–water partition coefficient (Wildman–Crippen LogP) is 2.35. The Bertz CT molecular complexity index is 662. The van der Waals surface area contributed by atoms with Crippen LogP contribution in [-0.4, -0.2) is 31.2 Å². The average Bonchev–Trinajstić information content (AvgIpc) is 2.54. The van der Waals surface area contributed by atoms with Crippen LogP contribution in [0.4, 0.5) is 23.7 Å². The number of rotatable bonds is 4. The first-order chi connectivity index (χ1) is 11.6. The van der Waals surface area contributed by atoms with E-state index in [1.54, 1.807) is 13.8 Å². The van der Waals surface area contributed by atoms with Crippen molar-refractivity contribution < 1.29 is 27.5 Å². The number of alkyl halides is 3. The fraction of sp³-hybridized carbons (Fsp3) is 0.400. The molecule has 0 bridgehead atoms. The zero-order valence-electron chi connectivity index (χ0n) is 14.0. The highest BCUT2D eigenvalue weighted by atomic mass is 19.4. The Kier molecular flexibility index (Phi) is 6.77. The lowest BCUT2D eigenvalue weighted by Crippen LogP contribution is -2.39. The molecule has 0 saturated carbocycles. The van der Waals surface area contributed by atoms with E-state index in [2.05, 4.69) is 20.4 Å². The monoisotopic (exact) mass is 360 g/mol. The molecule has 138 valence electrons. The summed E-state index contributed by atoms with van der Waals surface area (Å²) < 4.78 is 41.4. The molecular weight excluding hydrogens is 341 g/mol. The quantitative estimate of drug-likeness (QED) is 0.332. The lowest BCUT2D eigenvalue weighted by Gasteiger charge is -2.17. The van der Waals surface area contributed by atoms with E-state index in [1.807, 2.05) is 0 Å². The minimum absolute atomic E-state index is 0.0932. The number of carbonyl (C=O) groups is 2. The molecule has 25 heavy (non-hydrogen) atoms. The van der Waals surface area contributed by atoms with Gasteiger partial charge in [0, 0.05) is 12.7 Å². The van der Waals surface area contributed by atoms with Gasteiger partial charge in [-0.3, -0.25) is 10.3 Å². The highest BCUT2D eigenvalue weighted by Gasteiger charge is 2.41. The number of urea groups is 1. The van der Waals surface area contributed by atoms with Crippen LogP contribution in [0.25, 0.3) is 0 Å². The molecule has 7 nitrogen and oxygen atoms in total. The van der Waals surface area contributed by atoms with E-state index in [4.69, 9.17) is 5.73 Å². The van der Waals surface area contributed by atoms with Gasteiger partial charge in [-0.15, -0.1) is 0 Å². The fourth-order valence-corrected chi connectivity index (χ4v) is 1.99. The minimum Gasteiger partial charge on any atom is -0.420 e. The molecule has 0 aliphatic heterocycles. The number of nitrogens with zero attached hydrogens (tertiary/aromatic N) is 1. The van der Waals surface area contributed by atoms with E-state index in [0.717, 1.165) is 0 Å². The third kappa shape index (κ3) is 5.66. The number of nitrogens with one attached hydrogen (secondary N) is 2. The molecule has 0 unspecified atom stereocenters. The Labute approximate surface area is 142 Å². The summed E-state index contributed by atoms with van der Waals surface area (Å²) in [5.74, 6) is -2.64. The van der Waals surface area contributed by atoms with E-state index < -0.39 is 18.2 Å². The van der Waals surface area contributed by atoms with Crippen LogP contribution in [0.2, 0.25) is 0 Å². The van der Waals surface area contributed by atoms with Gasteiger partial charge in [0.05, 0.1) is 0 Å². The van der Waals surface area contributed by atoms with Crippen LogP contribution >= 0.6 is 0 Å². The first-order valence-electron chi connectivity index (χ1n) is 7.37. The van der Waals surface area contributed by atoms with Gasteiger partial charge in [-0.05, 0) is 36.1 Å². The maximum absolute atomic E-state index is 12.3. The number of hydrogen-bond acceptors (Lipinski definition) is 4. The zero-order valence-corrected chi connectivity index (χ0v) is 14.0. The third-order valence-electron chi connectivity index (χ3n) is 3.20. The van der Waals surface area contributed by atoms with Gasteiger partial charge in [-0.25, -0.2) is 9.59 Å². The Hall–Kier alpha value is -2.78. The van der Waals surface area contributed by atoms with Gasteiger partial charge < -0.3 is 15.8 Å². The number of aryl methyl sites for hydroxylation is 2. The van der Waals surface area contributed by atoms with Crippen LogP contribution in [0.5, 0.6) is 5.75 Å². The Balaban J connectivity index is 3.14. The maximum atomic E-state index is 12.3. The summed E-state index contributed by atoms with van der Waals surface area (Å²) in [5, 5.41) is 4.87. The van der Waals surface area contributed by atoms with Crippen LogP contribution in [0.1, 0.15) is 25.0 Å². The predicted molar refractivity (Wildman–Crippen MR) is 86.6 cm³/mol. The first-order valence-corrected chi connectivity index (χ1v) is 7.37. The summed E-state index contributed by atoms with van der Waals surface area (Å²) in [5.41, 5.74) is 6.83. The van der Waals surface area contributed by atoms with E-state index >= 15 is 0 Å². The molecule has 10 heteroatoms. The van der Waals surface area contributed by atoms with Gasteiger partial charge in [-0.2, -0.15) is 13.2 Å². The summed E-state index contributed by atoms with van der Waals surface area (Å²) >= 11 is 0. The van der Waals surface area contributed by atoms with Gasteiger partial charge >= 0.3 is 18.2 Å². The number of anilines is 1. The van der Waals surface area contributed by atoms with Gasteiger partial charge in [0.15, 0.2) is 5.96 Å². The van der Waals surface area contributed by atoms with E-state index in [0.29, 0.717) is 29.7 Å². The second-order valence-corrected chi connectivity index (χ2v) is 4.90. The number of ether oxygens (including phenoxy) is 1. The van der Waals surface area contributed by atoms with Gasteiger partial charge in [-0.1, -0.05) is 13.8 Å². The second-order valence-electron chi connectivity index (χ2n) is 4.90. The average molecular weight is 360 g/mol. The normalized spacial score (nSPS) is 11.8. The third-order valence-corrected chi connectivity index (χ3v) is 3.20. The highest BCUT2D eigenvalue weighted by molar-refractivity contribution is 6.02. The van der Waals surface area contributed by atoms with Gasteiger partial charge in [0.25, 0.3) is 0 Å². The Morgan fingerprint density at radius 1 is 1.20 bits per heavy atom. The van der Waals surface area contributed by atoms with Crippen LogP contribution in [0.15, 0.2) is 17.1 Å². The molecular formula is C15H19F3N4O3. The summed E-state index contributed by atoms with van der Waals surface area (Å²) in [6, 6.07) is 1.90. The molecule has 0 aliphatic carbocycles. The van der Waals surface area contributed by atoms with E-state index in [9.17, 15) is 22.8 Å². The molecule has 0 fully saturated rings. The minimum atomic E-state index is -5.09. The number of nitrogens with two attached hydrogens (primary N) is 1. The molecule has 0 atom stereocenters. The number of esters is 1. The lowest BCUT2D eigenvalue weighted by molar-refractivity contribution is -0.189. The molecule has 0 aromatic heterocycles. The molecule has 4 N–H and O–H groups in total. The number of guanidine groups is 1. The summed E-state index contributed by atoms with van der Waals surface area (Å²) in [6.45, 7) is 3.49. The van der Waals surface area contributed by atoms with Crippen molar-refractivity contribution in [3.05, 3.63) is 23.3 Å². The topological polar surface area (TPSA) is 106 Å². The van der Waals surface area contributed by atoms with E-state index in [1.165, 1.54) is 19.2 Å². The van der Waals surface area contributed by atoms with Crippen LogP contribution < -0.4 is 21.1 Å².